The van der Waals surface area contributed by atoms with Crippen LogP contribution in [-0.2, 0) is 6.42 Å². The molecule has 0 amide bonds. The van der Waals surface area contributed by atoms with Gasteiger partial charge >= 0.3 is 0 Å². The van der Waals surface area contributed by atoms with Gasteiger partial charge in [0.25, 0.3) is 0 Å². The van der Waals surface area contributed by atoms with E-state index in [4.69, 9.17) is 0 Å². The van der Waals surface area contributed by atoms with Gasteiger partial charge < -0.3 is 10.4 Å². The van der Waals surface area contributed by atoms with Crippen molar-refractivity contribution in [3.8, 4) is 0 Å². The lowest BCUT2D eigenvalue weighted by Crippen LogP contribution is -2.45. The normalized spacial score (nSPS) is 35.4. The summed E-state index contributed by atoms with van der Waals surface area (Å²) >= 11 is 0. The fourth-order valence-electron chi connectivity index (χ4n) is 3.75. The average Bonchev–Trinajstić information content (AvgIpc) is 2.81. The molecule has 1 aromatic rings. The van der Waals surface area contributed by atoms with Crippen molar-refractivity contribution in [3.05, 3.63) is 35.4 Å². The standard InChI is InChI=1S/C16H23NO/c1-2-12-7-9-16(18,11-12)15-14-6-4-3-5-13(14)8-10-17-15/h3-6,12,15,17-18H,2,7-11H2,1H3. The van der Waals surface area contributed by atoms with Crippen molar-refractivity contribution in [3.63, 3.8) is 0 Å². The Balaban J connectivity index is 1.90. The van der Waals surface area contributed by atoms with E-state index in [1.165, 1.54) is 24.0 Å². The third-order valence-corrected chi connectivity index (χ3v) is 4.85. The second-order valence-electron chi connectivity index (χ2n) is 5.96. The van der Waals surface area contributed by atoms with Crippen LogP contribution in [0.2, 0.25) is 0 Å². The van der Waals surface area contributed by atoms with Gasteiger partial charge in [-0.25, -0.2) is 0 Å². The first-order valence-electron chi connectivity index (χ1n) is 7.26. The quantitative estimate of drug-likeness (QED) is 0.839. The van der Waals surface area contributed by atoms with Crippen molar-refractivity contribution in [2.75, 3.05) is 6.54 Å². The van der Waals surface area contributed by atoms with Gasteiger partial charge in [0, 0.05) is 0 Å². The third-order valence-electron chi connectivity index (χ3n) is 4.85. The number of fused-ring (bicyclic) bond motifs is 1. The van der Waals surface area contributed by atoms with Crippen LogP contribution in [0.15, 0.2) is 24.3 Å². The van der Waals surface area contributed by atoms with Gasteiger partial charge in [0.1, 0.15) is 0 Å². The highest BCUT2D eigenvalue weighted by Gasteiger charge is 2.44. The van der Waals surface area contributed by atoms with E-state index < -0.39 is 5.60 Å². The van der Waals surface area contributed by atoms with Crippen LogP contribution in [-0.4, -0.2) is 17.3 Å². The van der Waals surface area contributed by atoms with Gasteiger partial charge in [-0.2, -0.15) is 0 Å². The molecule has 2 heteroatoms. The third kappa shape index (κ3) is 1.98. The number of benzene rings is 1. The van der Waals surface area contributed by atoms with Crippen molar-refractivity contribution in [1.82, 2.24) is 5.32 Å². The molecular formula is C16H23NO. The molecule has 0 radical (unpaired) electrons. The maximum atomic E-state index is 11.0. The summed E-state index contributed by atoms with van der Waals surface area (Å²) < 4.78 is 0. The molecule has 1 fully saturated rings. The Morgan fingerprint density at radius 2 is 2.22 bits per heavy atom. The second-order valence-corrected chi connectivity index (χ2v) is 5.96. The molecule has 1 saturated carbocycles. The zero-order chi connectivity index (χ0) is 12.6. The molecule has 2 nitrogen and oxygen atoms in total. The van der Waals surface area contributed by atoms with E-state index in [1.54, 1.807) is 0 Å². The molecule has 3 atom stereocenters. The zero-order valence-electron chi connectivity index (χ0n) is 11.2. The van der Waals surface area contributed by atoms with Crippen molar-refractivity contribution < 1.29 is 5.11 Å². The highest BCUT2D eigenvalue weighted by atomic mass is 16.3. The Hall–Kier alpha value is -0.860. The van der Waals surface area contributed by atoms with Gasteiger partial charge in [0.05, 0.1) is 11.6 Å². The summed E-state index contributed by atoms with van der Waals surface area (Å²) in [5, 5.41) is 14.6. The van der Waals surface area contributed by atoms with E-state index >= 15 is 0 Å². The van der Waals surface area contributed by atoms with E-state index in [0.29, 0.717) is 5.92 Å². The molecule has 1 heterocycles. The summed E-state index contributed by atoms with van der Waals surface area (Å²) in [6.45, 7) is 3.22. The van der Waals surface area contributed by atoms with Crippen LogP contribution in [0.4, 0.5) is 0 Å². The Bertz CT molecular complexity index is 431. The smallest absolute Gasteiger partial charge is 0.0844 e. The molecule has 3 rings (SSSR count). The molecule has 98 valence electrons. The van der Waals surface area contributed by atoms with Crippen LogP contribution >= 0.6 is 0 Å². The summed E-state index contributed by atoms with van der Waals surface area (Å²) in [4.78, 5) is 0. The van der Waals surface area contributed by atoms with E-state index in [1.807, 2.05) is 0 Å². The molecule has 0 saturated heterocycles. The van der Waals surface area contributed by atoms with Crippen molar-refractivity contribution >= 4 is 0 Å². The predicted molar refractivity (Wildman–Crippen MR) is 73.5 cm³/mol. The van der Waals surface area contributed by atoms with Gasteiger partial charge in [-0.3, -0.25) is 0 Å². The molecule has 0 spiro atoms. The molecule has 2 N–H and O–H groups in total. The zero-order valence-corrected chi connectivity index (χ0v) is 11.2. The van der Waals surface area contributed by atoms with Gasteiger partial charge in [0.2, 0.25) is 0 Å². The Morgan fingerprint density at radius 3 is 3.00 bits per heavy atom. The summed E-state index contributed by atoms with van der Waals surface area (Å²) in [5.41, 5.74) is 2.20. The average molecular weight is 245 g/mol. The molecule has 18 heavy (non-hydrogen) atoms. The van der Waals surface area contributed by atoms with Crippen molar-refractivity contribution in [1.29, 1.82) is 0 Å². The largest absolute Gasteiger partial charge is 0.388 e. The Morgan fingerprint density at radius 1 is 1.39 bits per heavy atom. The molecular weight excluding hydrogens is 222 g/mol. The Kier molecular flexibility index (Phi) is 3.16. The Labute approximate surface area is 109 Å². The first-order chi connectivity index (χ1) is 8.73. The molecule has 1 aliphatic heterocycles. The lowest BCUT2D eigenvalue weighted by atomic mass is 9.81. The van der Waals surface area contributed by atoms with Crippen LogP contribution in [0.1, 0.15) is 49.8 Å². The summed E-state index contributed by atoms with van der Waals surface area (Å²) in [6.07, 6.45) is 5.34. The molecule has 0 bridgehead atoms. The predicted octanol–water partition coefficient (Wildman–Crippen LogP) is 2.81. The monoisotopic (exact) mass is 245 g/mol. The second kappa shape index (κ2) is 4.67. The van der Waals surface area contributed by atoms with Crippen LogP contribution in [0.3, 0.4) is 0 Å². The summed E-state index contributed by atoms with van der Waals surface area (Å²) in [5.74, 6) is 0.700. The van der Waals surface area contributed by atoms with E-state index in [2.05, 4.69) is 36.5 Å². The minimum absolute atomic E-state index is 0.138. The van der Waals surface area contributed by atoms with Crippen LogP contribution < -0.4 is 5.32 Å². The lowest BCUT2D eigenvalue weighted by molar-refractivity contribution is 0.00104. The van der Waals surface area contributed by atoms with Gasteiger partial charge in [0.15, 0.2) is 0 Å². The van der Waals surface area contributed by atoms with Gasteiger partial charge in [-0.05, 0) is 49.3 Å². The van der Waals surface area contributed by atoms with Crippen molar-refractivity contribution in [2.24, 2.45) is 5.92 Å². The van der Waals surface area contributed by atoms with Crippen LogP contribution in [0.5, 0.6) is 0 Å². The minimum atomic E-state index is -0.531. The molecule has 1 aromatic carbocycles. The van der Waals surface area contributed by atoms with Gasteiger partial charge in [-0.15, -0.1) is 0 Å². The van der Waals surface area contributed by atoms with Crippen LogP contribution in [0, 0.1) is 5.92 Å². The first kappa shape index (κ1) is 12.2. The summed E-state index contributed by atoms with van der Waals surface area (Å²) in [6, 6.07) is 8.73. The topological polar surface area (TPSA) is 32.3 Å². The van der Waals surface area contributed by atoms with Crippen LogP contribution in [0.25, 0.3) is 0 Å². The number of nitrogens with one attached hydrogen (secondary N) is 1. The fourth-order valence-corrected chi connectivity index (χ4v) is 3.75. The first-order valence-corrected chi connectivity index (χ1v) is 7.26. The highest BCUT2D eigenvalue weighted by molar-refractivity contribution is 5.34. The van der Waals surface area contributed by atoms with Gasteiger partial charge in [-0.1, -0.05) is 37.6 Å². The minimum Gasteiger partial charge on any atom is -0.388 e. The summed E-state index contributed by atoms with van der Waals surface area (Å²) in [7, 11) is 0. The molecule has 1 aliphatic carbocycles. The number of hydrogen-bond donors (Lipinski definition) is 2. The molecule has 0 aromatic heterocycles. The van der Waals surface area contributed by atoms with E-state index in [0.717, 1.165) is 25.8 Å². The maximum absolute atomic E-state index is 11.0. The fraction of sp³-hybridized carbons (Fsp3) is 0.625. The van der Waals surface area contributed by atoms with Crippen molar-refractivity contribution in [2.45, 2.75) is 50.7 Å². The number of hydrogen-bond acceptors (Lipinski definition) is 2. The molecule has 3 unspecified atom stereocenters. The SMILES string of the molecule is CCC1CCC(O)(C2NCCc3ccccc32)C1. The van der Waals surface area contributed by atoms with E-state index in [-0.39, 0.29) is 6.04 Å². The highest BCUT2D eigenvalue weighted by Crippen LogP contribution is 2.45. The molecule has 2 aliphatic rings. The van der Waals surface area contributed by atoms with E-state index in [9.17, 15) is 5.11 Å². The number of aliphatic hydroxyl groups is 1. The maximum Gasteiger partial charge on any atom is 0.0844 e. The lowest BCUT2D eigenvalue weighted by Gasteiger charge is -2.38. The number of rotatable bonds is 2.